The molecule has 1 aromatic rings. The highest BCUT2D eigenvalue weighted by Crippen LogP contribution is 2.35. The van der Waals surface area contributed by atoms with Gasteiger partial charge in [0.15, 0.2) is 0 Å². The molecule has 1 N–H and O–H groups in total. The van der Waals surface area contributed by atoms with Gasteiger partial charge >= 0.3 is 0 Å². The van der Waals surface area contributed by atoms with Crippen molar-refractivity contribution >= 4 is 23.2 Å². The van der Waals surface area contributed by atoms with E-state index in [1.807, 2.05) is 18.2 Å². The quantitative estimate of drug-likeness (QED) is 0.819. The number of halogens is 2. The zero-order valence-corrected chi connectivity index (χ0v) is 12.6. The number of hydrogen-bond donors (Lipinski definition) is 1. The zero-order chi connectivity index (χ0) is 13.2. The Balaban J connectivity index is 1.83. The predicted octanol–water partition coefficient (Wildman–Crippen LogP) is 5.05. The summed E-state index contributed by atoms with van der Waals surface area (Å²) in [5.41, 5.74) is 1.73. The molecule has 100 valence electrons. The molecule has 1 aliphatic rings. The Morgan fingerprint density at radius 2 is 1.83 bits per heavy atom. The summed E-state index contributed by atoms with van der Waals surface area (Å²) in [4.78, 5) is 0. The van der Waals surface area contributed by atoms with Crippen LogP contribution in [-0.4, -0.2) is 6.04 Å². The topological polar surface area (TPSA) is 12.0 Å². The fourth-order valence-electron chi connectivity index (χ4n) is 2.52. The maximum atomic E-state index is 6.01. The molecule has 2 rings (SSSR count). The van der Waals surface area contributed by atoms with Crippen LogP contribution in [0.5, 0.6) is 0 Å². The molecular weight excluding hydrogens is 265 g/mol. The van der Waals surface area contributed by atoms with Gasteiger partial charge in [0.05, 0.1) is 10.0 Å². The van der Waals surface area contributed by atoms with Gasteiger partial charge in [-0.1, -0.05) is 43.1 Å². The Bertz CT molecular complexity index is 405. The normalized spacial score (nSPS) is 20.0. The van der Waals surface area contributed by atoms with Crippen molar-refractivity contribution in [1.29, 1.82) is 0 Å². The number of benzene rings is 1. The third kappa shape index (κ3) is 3.88. The van der Waals surface area contributed by atoms with Gasteiger partial charge in [0.25, 0.3) is 0 Å². The van der Waals surface area contributed by atoms with Crippen molar-refractivity contribution in [2.75, 3.05) is 0 Å². The van der Waals surface area contributed by atoms with Gasteiger partial charge in [0.1, 0.15) is 0 Å². The number of hydrogen-bond acceptors (Lipinski definition) is 1. The molecule has 0 spiro atoms. The molecule has 1 aromatic carbocycles. The average molecular weight is 286 g/mol. The number of nitrogens with one attached hydrogen (secondary N) is 1. The van der Waals surface area contributed by atoms with E-state index in [1.165, 1.54) is 31.2 Å². The van der Waals surface area contributed by atoms with Crippen molar-refractivity contribution in [3.05, 3.63) is 33.8 Å². The third-order valence-corrected chi connectivity index (χ3v) is 4.66. The Labute approximate surface area is 120 Å². The second-order valence-electron chi connectivity index (χ2n) is 6.07. The smallest absolute Gasteiger partial charge is 0.0595 e. The first-order valence-electron chi connectivity index (χ1n) is 6.64. The van der Waals surface area contributed by atoms with Crippen LogP contribution in [-0.2, 0) is 6.54 Å². The predicted molar refractivity (Wildman–Crippen MR) is 79.3 cm³/mol. The van der Waals surface area contributed by atoms with Crippen LogP contribution in [0.2, 0.25) is 10.0 Å². The van der Waals surface area contributed by atoms with Gasteiger partial charge in [0.2, 0.25) is 0 Å². The van der Waals surface area contributed by atoms with Gasteiger partial charge in [-0.15, -0.1) is 0 Å². The van der Waals surface area contributed by atoms with Gasteiger partial charge in [-0.25, -0.2) is 0 Å². The summed E-state index contributed by atoms with van der Waals surface area (Å²) in [6, 6.07) is 6.50. The molecule has 1 nitrogen and oxygen atoms in total. The molecule has 18 heavy (non-hydrogen) atoms. The summed E-state index contributed by atoms with van der Waals surface area (Å²) >= 11 is 11.9. The monoisotopic (exact) mass is 285 g/mol. The van der Waals surface area contributed by atoms with Crippen molar-refractivity contribution in [3.8, 4) is 0 Å². The molecule has 0 amide bonds. The fraction of sp³-hybridized carbons (Fsp3) is 0.600. The maximum absolute atomic E-state index is 6.01. The lowest BCUT2D eigenvalue weighted by Gasteiger charge is -2.34. The van der Waals surface area contributed by atoms with Gasteiger partial charge in [0, 0.05) is 12.6 Å². The lowest BCUT2D eigenvalue weighted by Crippen LogP contribution is -2.35. The third-order valence-electron chi connectivity index (χ3n) is 3.92. The first kappa shape index (κ1) is 14.2. The van der Waals surface area contributed by atoms with Gasteiger partial charge in [-0.3, -0.25) is 0 Å². The summed E-state index contributed by atoms with van der Waals surface area (Å²) in [7, 11) is 0. The molecule has 0 bridgehead atoms. The van der Waals surface area contributed by atoms with Gasteiger partial charge < -0.3 is 5.32 Å². The van der Waals surface area contributed by atoms with Crippen LogP contribution >= 0.6 is 23.2 Å². The van der Waals surface area contributed by atoms with E-state index in [0.717, 1.165) is 6.54 Å². The van der Waals surface area contributed by atoms with E-state index >= 15 is 0 Å². The van der Waals surface area contributed by atoms with Crippen LogP contribution < -0.4 is 5.32 Å². The van der Waals surface area contributed by atoms with E-state index in [2.05, 4.69) is 19.2 Å². The van der Waals surface area contributed by atoms with Crippen LogP contribution in [0.25, 0.3) is 0 Å². The Kier molecular flexibility index (Phi) is 4.58. The van der Waals surface area contributed by atoms with Crippen molar-refractivity contribution in [3.63, 3.8) is 0 Å². The Morgan fingerprint density at radius 1 is 1.17 bits per heavy atom. The van der Waals surface area contributed by atoms with Crippen LogP contribution in [0.15, 0.2) is 18.2 Å². The lowest BCUT2D eigenvalue weighted by atomic mass is 9.75. The molecule has 1 aliphatic carbocycles. The average Bonchev–Trinajstić information content (AvgIpc) is 2.32. The zero-order valence-electron chi connectivity index (χ0n) is 11.1. The standard InChI is InChI=1S/C15H21Cl2N/c1-15(2)7-5-12(6-8-15)18-10-11-3-4-13(16)14(17)9-11/h3-4,9,12,18H,5-8,10H2,1-2H3. The fourth-order valence-corrected chi connectivity index (χ4v) is 2.84. The largest absolute Gasteiger partial charge is 0.310 e. The van der Waals surface area contributed by atoms with E-state index in [-0.39, 0.29) is 0 Å². The Morgan fingerprint density at radius 3 is 2.44 bits per heavy atom. The summed E-state index contributed by atoms with van der Waals surface area (Å²) in [5, 5.41) is 4.89. The molecule has 0 unspecified atom stereocenters. The van der Waals surface area contributed by atoms with E-state index in [9.17, 15) is 0 Å². The van der Waals surface area contributed by atoms with E-state index in [4.69, 9.17) is 23.2 Å². The number of rotatable bonds is 3. The van der Waals surface area contributed by atoms with E-state index in [0.29, 0.717) is 21.5 Å². The molecule has 0 heterocycles. The molecule has 0 aliphatic heterocycles. The van der Waals surface area contributed by atoms with Gasteiger partial charge in [-0.05, 0) is 48.8 Å². The summed E-state index contributed by atoms with van der Waals surface area (Å²) in [6.45, 7) is 5.60. The van der Waals surface area contributed by atoms with Crippen molar-refractivity contribution < 1.29 is 0 Å². The highest BCUT2D eigenvalue weighted by Gasteiger charge is 2.26. The van der Waals surface area contributed by atoms with Crippen LogP contribution in [0, 0.1) is 5.41 Å². The molecule has 0 radical (unpaired) electrons. The molecule has 0 aromatic heterocycles. The molecule has 1 saturated carbocycles. The SMILES string of the molecule is CC1(C)CCC(NCc2ccc(Cl)c(Cl)c2)CC1. The van der Waals surface area contributed by atoms with E-state index in [1.54, 1.807) is 0 Å². The first-order valence-corrected chi connectivity index (χ1v) is 7.39. The van der Waals surface area contributed by atoms with Crippen LogP contribution in [0.1, 0.15) is 45.1 Å². The van der Waals surface area contributed by atoms with Gasteiger partial charge in [-0.2, -0.15) is 0 Å². The molecular formula is C15H21Cl2N. The van der Waals surface area contributed by atoms with Crippen molar-refractivity contribution in [2.24, 2.45) is 5.41 Å². The highest BCUT2D eigenvalue weighted by atomic mass is 35.5. The minimum Gasteiger partial charge on any atom is -0.310 e. The lowest BCUT2D eigenvalue weighted by molar-refractivity contribution is 0.206. The second kappa shape index (κ2) is 5.81. The second-order valence-corrected chi connectivity index (χ2v) is 6.88. The summed E-state index contributed by atoms with van der Waals surface area (Å²) in [5.74, 6) is 0. The minimum absolute atomic E-state index is 0.530. The van der Waals surface area contributed by atoms with Crippen LogP contribution in [0.3, 0.4) is 0 Å². The van der Waals surface area contributed by atoms with Crippen molar-refractivity contribution in [1.82, 2.24) is 5.32 Å². The van der Waals surface area contributed by atoms with Crippen molar-refractivity contribution in [2.45, 2.75) is 52.1 Å². The molecule has 1 fully saturated rings. The molecule has 0 saturated heterocycles. The highest BCUT2D eigenvalue weighted by molar-refractivity contribution is 6.42. The molecule has 0 atom stereocenters. The minimum atomic E-state index is 0.530. The summed E-state index contributed by atoms with van der Waals surface area (Å²) < 4.78 is 0. The summed E-state index contributed by atoms with van der Waals surface area (Å²) in [6.07, 6.45) is 5.17. The van der Waals surface area contributed by atoms with Crippen LogP contribution in [0.4, 0.5) is 0 Å². The Hall–Kier alpha value is -0.240. The van der Waals surface area contributed by atoms with E-state index < -0.39 is 0 Å². The first-order chi connectivity index (χ1) is 8.46. The maximum Gasteiger partial charge on any atom is 0.0595 e. The molecule has 3 heteroatoms.